The Labute approximate surface area is 120 Å². The van der Waals surface area contributed by atoms with Gasteiger partial charge in [0.1, 0.15) is 11.5 Å². The molecule has 0 aliphatic heterocycles. The Morgan fingerprint density at radius 1 is 1.45 bits per heavy atom. The summed E-state index contributed by atoms with van der Waals surface area (Å²) in [6, 6.07) is 6.25. The summed E-state index contributed by atoms with van der Waals surface area (Å²) < 4.78 is 0. The lowest BCUT2D eigenvalue weighted by molar-refractivity contribution is 0.318. The molecule has 0 saturated heterocycles. The summed E-state index contributed by atoms with van der Waals surface area (Å²) in [4.78, 5) is 6.93. The Bertz CT molecular complexity index is 467. The Morgan fingerprint density at radius 2 is 2.15 bits per heavy atom. The van der Waals surface area contributed by atoms with Crippen LogP contribution in [-0.4, -0.2) is 28.6 Å². The minimum Gasteiger partial charge on any atom is -0.409 e. The molecule has 20 heavy (non-hydrogen) atoms. The van der Waals surface area contributed by atoms with Crippen molar-refractivity contribution < 1.29 is 5.21 Å². The maximum absolute atomic E-state index is 8.78. The van der Waals surface area contributed by atoms with Gasteiger partial charge in [-0.1, -0.05) is 37.9 Å². The number of pyridine rings is 1. The molecule has 110 valence electrons. The molecule has 0 spiro atoms. The smallest absolute Gasteiger partial charge is 0.188 e. The van der Waals surface area contributed by atoms with E-state index < -0.39 is 0 Å². The number of oxime groups is 1. The largest absolute Gasteiger partial charge is 0.409 e. The third-order valence-corrected chi connectivity index (χ3v) is 3.73. The topological polar surface area (TPSA) is 74.7 Å². The van der Waals surface area contributed by atoms with E-state index in [1.165, 1.54) is 25.7 Å². The van der Waals surface area contributed by atoms with Gasteiger partial charge in [0.15, 0.2) is 5.84 Å². The van der Waals surface area contributed by atoms with Crippen LogP contribution in [0.3, 0.4) is 0 Å². The fourth-order valence-corrected chi connectivity index (χ4v) is 2.82. The van der Waals surface area contributed by atoms with E-state index in [1.807, 2.05) is 12.1 Å². The molecule has 1 aromatic heterocycles. The van der Waals surface area contributed by atoms with Crippen LogP contribution >= 0.6 is 0 Å². The van der Waals surface area contributed by atoms with Gasteiger partial charge in [0, 0.05) is 12.6 Å². The van der Waals surface area contributed by atoms with E-state index in [-0.39, 0.29) is 5.84 Å². The second-order valence-electron chi connectivity index (χ2n) is 5.85. The average molecular weight is 276 g/mol. The molecule has 0 unspecified atom stereocenters. The quantitative estimate of drug-likeness (QED) is 0.375. The number of hydrogen-bond donors (Lipinski definition) is 2. The lowest BCUT2D eigenvalue weighted by atomic mass is 10.1. The molecule has 1 aliphatic carbocycles. The molecule has 5 heteroatoms. The second-order valence-corrected chi connectivity index (χ2v) is 5.85. The molecule has 0 aromatic carbocycles. The van der Waals surface area contributed by atoms with Crippen molar-refractivity contribution in [1.29, 1.82) is 0 Å². The summed E-state index contributed by atoms with van der Waals surface area (Å²) in [5.41, 5.74) is 6.16. The maximum Gasteiger partial charge on any atom is 0.188 e. The van der Waals surface area contributed by atoms with E-state index in [0.29, 0.717) is 17.7 Å². The van der Waals surface area contributed by atoms with Gasteiger partial charge in [-0.3, -0.25) is 0 Å². The van der Waals surface area contributed by atoms with Crippen LogP contribution in [0.5, 0.6) is 0 Å². The van der Waals surface area contributed by atoms with Gasteiger partial charge in [0.25, 0.3) is 0 Å². The minimum atomic E-state index is 0.0581. The van der Waals surface area contributed by atoms with Crippen LogP contribution in [0.1, 0.15) is 45.2 Å². The molecule has 1 fully saturated rings. The summed E-state index contributed by atoms with van der Waals surface area (Å²) in [5, 5.41) is 11.8. The van der Waals surface area contributed by atoms with Gasteiger partial charge in [0.05, 0.1) is 0 Å². The number of aromatic nitrogens is 1. The number of nitrogens with zero attached hydrogens (tertiary/aromatic N) is 3. The van der Waals surface area contributed by atoms with Crippen molar-refractivity contribution in [3.05, 3.63) is 23.9 Å². The van der Waals surface area contributed by atoms with Gasteiger partial charge >= 0.3 is 0 Å². The van der Waals surface area contributed by atoms with Crippen molar-refractivity contribution in [2.24, 2.45) is 16.8 Å². The van der Waals surface area contributed by atoms with Gasteiger partial charge in [0.2, 0.25) is 0 Å². The van der Waals surface area contributed by atoms with E-state index in [4.69, 9.17) is 10.9 Å². The van der Waals surface area contributed by atoms with Crippen molar-refractivity contribution in [3.8, 4) is 0 Å². The summed E-state index contributed by atoms with van der Waals surface area (Å²) in [6.07, 6.45) is 5.03. The molecule has 1 aliphatic rings. The highest BCUT2D eigenvalue weighted by Crippen LogP contribution is 2.28. The first-order valence-electron chi connectivity index (χ1n) is 7.33. The Hall–Kier alpha value is -1.78. The molecular weight excluding hydrogens is 252 g/mol. The molecule has 1 saturated carbocycles. The van der Waals surface area contributed by atoms with Crippen LogP contribution in [0.15, 0.2) is 23.4 Å². The molecule has 0 amide bonds. The second kappa shape index (κ2) is 6.59. The van der Waals surface area contributed by atoms with Crippen LogP contribution < -0.4 is 10.6 Å². The van der Waals surface area contributed by atoms with Crippen molar-refractivity contribution in [2.45, 2.75) is 45.6 Å². The van der Waals surface area contributed by atoms with E-state index >= 15 is 0 Å². The first kappa shape index (κ1) is 14.6. The monoisotopic (exact) mass is 276 g/mol. The van der Waals surface area contributed by atoms with Crippen LogP contribution in [0.2, 0.25) is 0 Å². The fraction of sp³-hybridized carbons (Fsp3) is 0.600. The highest BCUT2D eigenvalue weighted by atomic mass is 16.4. The van der Waals surface area contributed by atoms with Gasteiger partial charge in [-0.25, -0.2) is 4.98 Å². The van der Waals surface area contributed by atoms with Crippen LogP contribution in [0.25, 0.3) is 0 Å². The molecule has 2 rings (SSSR count). The van der Waals surface area contributed by atoms with Gasteiger partial charge in [-0.2, -0.15) is 0 Å². The van der Waals surface area contributed by atoms with Crippen molar-refractivity contribution in [2.75, 3.05) is 11.4 Å². The number of rotatable bonds is 5. The lowest BCUT2D eigenvalue weighted by Crippen LogP contribution is -2.37. The zero-order valence-electron chi connectivity index (χ0n) is 12.3. The van der Waals surface area contributed by atoms with Crippen molar-refractivity contribution in [3.63, 3.8) is 0 Å². The molecule has 0 bridgehead atoms. The number of amidine groups is 1. The molecular formula is C15H24N4O. The zero-order chi connectivity index (χ0) is 14.5. The lowest BCUT2D eigenvalue weighted by Gasteiger charge is -2.32. The average Bonchev–Trinajstić information content (AvgIpc) is 2.97. The van der Waals surface area contributed by atoms with Crippen molar-refractivity contribution in [1.82, 2.24) is 4.98 Å². The van der Waals surface area contributed by atoms with Crippen LogP contribution in [-0.2, 0) is 0 Å². The minimum absolute atomic E-state index is 0.0581. The fourth-order valence-electron chi connectivity index (χ4n) is 2.82. The van der Waals surface area contributed by atoms with E-state index in [0.717, 1.165) is 12.4 Å². The predicted octanol–water partition coefficient (Wildman–Crippen LogP) is 2.58. The number of nitrogens with two attached hydrogens (primary N) is 1. The van der Waals surface area contributed by atoms with Gasteiger partial charge in [-0.05, 0) is 30.9 Å². The summed E-state index contributed by atoms with van der Waals surface area (Å²) in [7, 11) is 0. The van der Waals surface area contributed by atoms with Crippen molar-refractivity contribution >= 4 is 11.7 Å². The third kappa shape index (κ3) is 3.40. The summed E-state index contributed by atoms with van der Waals surface area (Å²) in [5.74, 6) is 1.56. The van der Waals surface area contributed by atoms with E-state index in [1.54, 1.807) is 6.07 Å². The molecule has 5 nitrogen and oxygen atoms in total. The Kier molecular flexibility index (Phi) is 4.82. The first-order chi connectivity index (χ1) is 9.61. The van der Waals surface area contributed by atoms with Crippen LogP contribution in [0, 0.1) is 5.92 Å². The summed E-state index contributed by atoms with van der Waals surface area (Å²) in [6.45, 7) is 5.42. The van der Waals surface area contributed by atoms with E-state index in [2.05, 4.69) is 28.9 Å². The molecule has 1 heterocycles. The third-order valence-electron chi connectivity index (χ3n) is 3.73. The first-order valence-corrected chi connectivity index (χ1v) is 7.33. The molecule has 0 atom stereocenters. The Balaban J connectivity index is 2.27. The highest BCUT2D eigenvalue weighted by Gasteiger charge is 2.24. The summed E-state index contributed by atoms with van der Waals surface area (Å²) >= 11 is 0. The van der Waals surface area contributed by atoms with Gasteiger partial charge < -0.3 is 15.8 Å². The predicted molar refractivity (Wildman–Crippen MR) is 81.2 cm³/mol. The van der Waals surface area contributed by atoms with Crippen LogP contribution in [0.4, 0.5) is 5.82 Å². The standard InChI is InChI=1S/C15H24N4O/c1-11(2)10-19(12-6-3-4-7-12)14-9-5-8-13(17-14)15(16)18-20/h5,8-9,11-12,20H,3-4,6-7,10H2,1-2H3,(H2,16,18). The zero-order valence-corrected chi connectivity index (χ0v) is 12.3. The normalized spacial score (nSPS) is 16.9. The number of hydrogen-bond acceptors (Lipinski definition) is 4. The highest BCUT2D eigenvalue weighted by molar-refractivity contribution is 5.95. The Morgan fingerprint density at radius 3 is 2.75 bits per heavy atom. The number of anilines is 1. The SMILES string of the molecule is CC(C)CN(c1cccc(/C(N)=N/O)n1)C1CCCC1. The molecule has 3 N–H and O–H groups in total. The molecule has 1 aromatic rings. The maximum atomic E-state index is 8.78. The molecule has 0 radical (unpaired) electrons. The van der Waals surface area contributed by atoms with E-state index in [9.17, 15) is 0 Å². The van der Waals surface area contributed by atoms with Gasteiger partial charge in [-0.15, -0.1) is 0 Å².